The number of fused-ring (bicyclic) bond motifs is 5. The van der Waals surface area contributed by atoms with E-state index in [9.17, 15) is 14.0 Å². The molecular formula is C31H30FN3O4. The second-order valence-corrected chi connectivity index (χ2v) is 10.3. The monoisotopic (exact) mass is 527 g/mol. The number of hydrogen-bond acceptors (Lipinski definition) is 4. The molecule has 0 spiro atoms. The average Bonchev–Trinajstić information content (AvgIpc) is 3.35. The smallest absolute Gasteiger partial charge is 0.254 e. The molecule has 1 fully saturated rings. The van der Waals surface area contributed by atoms with E-state index in [4.69, 9.17) is 9.47 Å². The number of halogens is 1. The number of rotatable bonds is 6. The van der Waals surface area contributed by atoms with Gasteiger partial charge in [0.2, 0.25) is 5.91 Å². The summed E-state index contributed by atoms with van der Waals surface area (Å²) in [6.45, 7) is 2.44. The maximum atomic E-state index is 14.2. The fourth-order valence-corrected chi connectivity index (χ4v) is 6.28. The Morgan fingerprint density at radius 1 is 1.03 bits per heavy atom. The summed E-state index contributed by atoms with van der Waals surface area (Å²) in [4.78, 5) is 34.8. The minimum absolute atomic E-state index is 0.0265. The summed E-state index contributed by atoms with van der Waals surface area (Å²) in [6, 6.07) is 20.0. The molecule has 1 unspecified atom stereocenters. The summed E-state index contributed by atoms with van der Waals surface area (Å²) in [5.74, 6) is 0.368. The Labute approximate surface area is 226 Å². The number of ether oxygens (including phenoxy) is 2. The number of carbonyl (C=O) groups is 2. The van der Waals surface area contributed by atoms with Crippen LogP contribution in [0.5, 0.6) is 11.5 Å². The van der Waals surface area contributed by atoms with Crippen molar-refractivity contribution in [1.29, 1.82) is 0 Å². The van der Waals surface area contributed by atoms with Gasteiger partial charge in [-0.25, -0.2) is 4.39 Å². The SMILES string of the molecule is COc1cccc(C2CN3C(=O)CN(CCc4cccc(F)c4)C(=O)[C@]3(C)c3[nH]c4ccccc4c32)c1OC. The van der Waals surface area contributed by atoms with Gasteiger partial charge in [-0.2, -0.15) is 0 Å². The van der Waals surface area contributed by atoms with E-state index in [-0.39, 0.29) is 30.1 Å². The van der Waals surface area contributed by atoms with E-state index in [0.29, 0.717) is 36.7 Å². The van der Waals surface area contributed by atoms with E-state index in [1.807, 2.05) is 55.5 Å². The Hall–Kier alpha value is -4.33. The molecule has 1 N–H and O–H groups in total. The first kappa shape index (κ1) is 25.0. The molecule has 6 rings (SSSR count). The summed E-state index contributed by atoms with van der Waals surface area (Å²) in [5, 5.41) is 1.00. The van der Waals surface area contributed by atoms with E-state index < -0.39 is 5.54 Å². The van der Waals surface area contributed by atoms with Crippen molar-refractivity contribution >= 4 is 22.7 Å². The van der Waals surface area contributed by atoms with Gasteiger partial charge in [0, 0.05) is 35.5 Å². The minimum atomic E-state index is -1.21. The number of carbonyl (C=O) groups excluding carboxylic acids is 2. The molecule has 1 aromatic heterocycles. The Morgan fingerprint density at radius 3 is 2.59 bits per heavy atom. The predicted molar refractivity (Wildman–Crippen MR) is 145 cm³/mol. The molecule has 2 amide bonds. The lowest BCUT2D eigenvalue weighted by atomic mass is 9.76. The Bertz CT molecular complexity index is 1600. The number of para-hydroxylation sites is 2. The molecule has 8 heteroatoms. The first-order chi connectivity index (χ1) is 18.9. The number of nitrogens with one attached hydrogen (secondary N) is 1. The summed E-state index contributed by atoms with van der Waals surface area (Å²) in [6.07, 6.45) is 0.454. The van der Waals surface area contributed by atoms with Gasteiger partial charge >= 0.3 is 0 Å². The van der Waals surface area contributed by atoms with Crippen molar-refractivity contribution in [1.82, 2.24) is 14.8 Å². The first-order valence-corrected chi connectivity index (χ1v) is 13.0. The molecule has 3 aromatic carbocycles. The Morgan fingerprint density at radius 2 is 1.82 bits per heavy atom. The van der Waals surface area contributed by atoms with Crippen LogP contribution in [-0.4, -0.2) is 60.5 Å². The summed E-state index contributed by atoms with van der Waals surface area (Å²) < 4.78 is 25.1. The molecule has 2 atom stereocenters. The van der Waals surface area contributed by atoms with Crippen LogP contribution in [0.15, 0.2) is 66.7 Å². The van der Waals surface area contributed by atoms with E-state index in [1.165, 1.54) is 12.1 Å². The highest BCUT2D eigenvalue weighted by atomic mass is 19.1. The second kappa shape index (κ2) is 9.45. The van der Waals surface area contributed by atoms with Crippen molar-refractivity contribution in [2.24, 2.45) is 0 Å². The zero-order valence-electron chi connectivity index (χ0n) is 22.2. The van der Waals surface area contributed by atoms with Crippen molar-refractivity contribution < 1.29 is 23.5 Å². The highest BCUT2D eigenvalue weighted by Crippen LogP contribution is 2.50. The van der Waals surface area contributed by atoms with Crippen molar-refractivity contribution in [2.45, 2.75) is 24.8 Å². The molecule has 39 heavy (non-hydrogen) atoms. The number of hydrogen-bond donors (Lipinski definition) is 1. The van der Waals surface area contributed by atoms with Gasteiger partial charge in [-0.1, -0.05) is 42.5 Å². The van der Waals surface area contributed by atoms with Crippen LogP contribution in [0.3, 0.4) is 0 Å². The summed E-state index contributed by atoms with van der Waals surface area (Å²) in [7, 11) is 3.21. The fraction of sp³-hybridized carbons (Fsp3) is 0.290. The van der Waals surface area contributed by atoms with Crippen LogP contribution >= 0.6 is 0 Å². The van der Waals surface area contributed by atoms with Crippen LogP contribution in [0.2, 0.25) is 0 Å². The van der Waals surface area contributed by atoms with E-state index in [2.05, 4.69) is 4.98 Å². The van der Waals surface area contributed by atoms with Crippen LogP contribution in [0.4, 0.5) is 4.39 Å². The van der Waals surface area contributed by atoms with Crippen molar-refractivity contribution in [3.8, 4) is 11.5 Å². The molecule has 200 valence electrons. The van der Waals surface area contributed by atoms with Crippen LogP contribution in [0.1, 0.15) is 35.2 Å². The number of aromatic amines is 1. The number of H-pyrrole nitrogens is 1. The summed E-state index contributed by atoms with van der Waals surface area (Å²) in [5.41, 5.74) is 3.03. The van der Waals surface area contributed by atoms with E-state index in [0.717, 1.165) is 27.6 Å². The molecular weight excluding hydrogens is 497 g/mol. The van der Waals surface area contributed by atoms with Crippen molar-refractivity contribution in [2.75, 3.05) is 33.9 Å². The minimum Gasteiger partial charge on any atom is -0.493 e. The number of methoxy groups -OCH3 is 2. The van der Waals surface area contributed by atoms with Gasteiger partial charge in [0.15, 0.2) is 17.0 Å². The van der Waals surface area contributed by atoms with Gasteiger partial charge in [-0.05, 0) is 48.7 Å². The largest absolute Gasteiger partial charge is 0.493 e. The normalized spacial score (nSPS) is 20.7. The van der Waals surface area contributed by atoms with Crippen molar-refractivity contribution in [3.05, 3.63) is 94.9 Å². The Balaban J connectivity index is 1.47. The third kappa shape index (κ3) is 3.85. The number of benzene rings is 3. The molecule has 4 aromatic rings. The standard InChI is InChI=1S/C31H30FN3O4/c1-31-29-27(22-10-4-5-12-24(22)33-29)23(21-11-7-13-25(38-2)28(21)39-3)17-35(31)26(36)18-34(30(31)37)15-14-19-8-6-9-20(32)16-19/h4-13,16,23,33H,14-15,17-18H2,1-3H3/t23?,31-/m0/s1. The Kier molecular flexibility index (Phi) is 6.05. The molecule has 3 heterocycles. The lowest BCUT2D eigenvalue weighted by Gasteiger charge is -2.51. The van der Waals surface area contributed by atoms with Gasteiger partial charge in [0.1, 0.15) is 5.82 Å². The zero-order valence-corrected chi connectivity index (χ0v) is 22.2. The molecule has 0 bridgehead atoms. The third-order valence-electron chi connectivity index (χ3n) is 8.19. The molecule has 0 radical (unpaired) electrons. The molecule has 1 saturated heterocycles. The van der Waals surface area contributed by atoms with Gasteiger partial charge in [-0.3, -0.25) is 9.59 Å². The molecule has 7 nitrogen and oxygen atoms in total. The lowest BCUT2D eigenvalue weighted by molar-refractivity contribution is -0.166. The van der Waals surface area contributed by atoms with Gasteiger partial charge in [0.05, 0.1) is 26.5 Å². The second-order valence-electron chi connectivity index (χ2n) is 10.3. The molecule has 0 aliphatic carbocycles. The number of amides is 2. The van der Waals surface area contributed by atoms with Gasteiger partial charge in [-0.15, -0.1) is 0 Å². The molecule has 2 aliphatic heterocycles. The van der Waals surface area contributed by atoms with Gasteiger partial charge < -0.3 is 24.3 Å². The lowest BCUT2D eigenvalue weighted by Crippen LogP contribution is -2.67. The van der Waals surface area contributed by atoms with E-state index in [1.54, 1.807) is 30.1 Å². The maximum Gasteiger partial charge on any atom is 0.254 e. The van der Waals surface area contributed by atoms with Crippen LogP contribution in [0, 0.1) is 5.82 Å². The summed E-state index contributed by atoms with van der Waals surface area (Å²) >= 11 is 0. The quantitative estimate of drug-likeness (QED) is 0.398. The number of nitrogens with zero attached hydrogens (tertiary/aromatic N) is 2. The zero-order chi connectivity index (χ0) is 27.3. The predicted octanol–water partition coefficient (Wildman–Crippen LogP) is 4.60. The average molecular weight is 528 g/mol. The van der Waals surface area contributed by atoms with Gasteiger partial charge in [0.25, 0.3) is 5.91 Å². The third-order valence-corrected chi connectivity index (χ3v) is 8.19. The van der Waals surface area contributed by atoms with Crippen LogP contribution in [-0.2, 0) is 21.5 Å². The van der Waals surface area contributed by atoms with E-state index >= 15 is 0 Å². The first-order valence-electron chi connectivity index (χ1n) is 13.0. The number of aromatic nitrogens is 1. The van der Waals surface area contributed by atoms with Crippen LogP contribution in [0.25, 0.3) is 10.9 Å². The highest BCUT2D eigenvalue weighted by molar-refractivity contribution is 6.01. The highest BCUT2D eigenvalue weighted by Gasteiger charge is 2.56. The topological polar surface area (TPSA) is 74.9 Å². The van der Waals surface area contributed by atoms with Crippen LogP contribution < -0.4 is 9.47 Å². The number of piperazine rings is 1. The fourth-order valence-electron chi connectivity index (χ4n) is 6.28. The van der Waals surface area contributed by atoms with Crippen molar-refractivity contribution in [3.63, 3.8) is 0 Å². The molecule has 2 aliphatic rings. The molecule has 0 saturated carbocycles. The maximum absolute atomic E-state index is 14.2.